The van der Waals surface area contributed by atoms with Gasteiger partial charge in [-0.1, -0.05) is 33.4 Å². The minimum absolute atomic E-state index is 0.102. The second-order valence-corrected chi connectivity index (χ2v) is 14.5. The fourth-order valence-corrected chi connectivity index (χ4v) is 3.71. The molecule has 2 heterocycles. The van der Waals surface area contributed by atoms with E-state index < -0.39 is 13.9 Å². The lowest BCUT2D eigenvalue weighted by Crippen LogP contribution is -2.44. The number of aromatic nitrogens is 1. The highest BCUT2D eigenvalue weighted by Gasteiger charge is 2.42. The zero-order valence-corrected chi connectivity index (χ0v) is 19.0. The minimum atomic E-state index is -1.95. The van der Waals surface area contributed by atoms with Gasteiger partial charge in [0.15, 0.2) is 8.32 Å². The van der Waals surface area contributed by atoms with E-state index in [-0.39, 0.29) is 17.2 Å². The Labute approximate surface area is 164 Å². The van der Waals surface area contributed by atoms with Gasteiger partial charge >= 0.3 is 6.09 Å². The number of pyridine rings is 1. The molecule has 1 amide bonds. The zero-order chi connectivity index (χ0) is 20.6. The Kier molecular flexibility index (Phi) is 5.93. The van der Waals surface area contributed by atoms with Gasteiger partial charge < -0.3 is 9.16 Å². The highest BCUT2D eigenvalue weighted by molar-refractivity contribution is 6.74. The van der Waals surface area contributed by atoms with Gasteiger partial charge in [0.2, 0.25) is 0 Å². The Morgan fingerprint density at radius 1 is 1.33 bits per heavy atom. The average molecular weight is 391 g/mol. The van der Waals surface area contributed by atoms with Crippen molar-refractivity contribution in [3.63, 3.8) is 0 Å². The molecule has 6 heteroatoms. The highest BCUT2D eigenvalue weighted by atomic mass is 28.4. The Morgan fingerprint density at radius 3 is 2.48 bits per heavy atom. The molecule has 0 spiro atoms. The molecule has 0 aromatic carbocycles. The van der Waals surface area contributed by atoms with Crippen LogP contribution in [-0.4, -0.2) is 36.5 Å². The number of ether oxygens (including phenoxy) is 1. The van der Waals surface area contributed by atoms with E-state index in [1.807, 2.05) is 26.8 Å². The van der Waals surface area contributed by atoms with Gasteiger partial charge in [-0.3, -0.25) is 9.88 Å². The number of carbonyl (C=O) groups is 1. The molecule has 2 rings (SSSR count). The number of fused-ring (bicyclic) bond motifs is 1. The van der Waals surface area contributed by atoms with Gasteiger partial charge in [-0.15, -0.1) is 0 Å². The SMILES string of the molecule is C=Cc1cnc2c(c1)CN(C(=O)OC(C)(C)C)[C@H]2CO[Si](C)(C)C(C)(C)C. The summed E-state index contributed by atoms with van der Waals surface area (Å²) in [5.41, 5.74) is 2.33. The van der Waals surface area contributed by atoms with Gasteiger partial charge in [0, 0.05) is 6.20 Å². The summed E-state index contributed by atoms with van der Waals surface area (Å²) in [5, 5.41) is 0.102. The highest BCUT2D eigenvalue weighted by Crippen LogP contribution is 2.39. The van der Waals surface area contributed by atoms with Crippen LogP contribution in [0.4, 0.5) is 4.79 Å². The molecular weight excluding hydrogens is 356 g/mol. The lowest BCUT2D eigenvalue weighted by Gasteiger charge is -2.38. The minimum Gasteiger partial charge on any atom is -0.444 e. The van der Waals surface area contributed by atoms with Crippen molar-refractivity contribution in [3.05, 3.63) is 35.7 Å². The fourth-order valence-electron chi connectivity index (χ4n) is 2.70. The second-order valence-electron chi connectivity index (χ2n) is 9.71. The van der Waals surface area contributed by atoms with E-state index in [4.69, 9.17) is 9.16 Å². The first-order chi connectivity index (χ1) is 12.2. The number of rotatable bonds is 4. The van der Waals surface area contributed by atoms with Crippen molar-refractivity contribution in [2.75, 3.05) is 6.61 Å². The summed E-state index contributed by atoms with van der Waals surface area (Å²) in [4.78, 5) is 19.2. The number of nitrogens with zero attached hydrogens (tertiary/aromatic N) is 2. The van der Waals surface area contributed by atoms with Crippen molar-refractivity contribution >= 4 is 20.5 Å². The molecule has 0 radical (unpaired) electrons. The third-order valence-corrected chi connectivity index (χ3v) is 9.83. The largest absolute Gasteiger partial charge is 0.444 e. The molecule has 1 atom stereocenters. The Hall–Kier alpha value is -1.66. The Bertz CT molecular complexity index is 717. The predicted molar refractivity (Wildman–Crippen MR) is 112 cm³/mol. The van der Waals surface area contributed by atoms with Crippen LogP contribution in [0.3, 0.4) is 0 Å². The summed E-state index contributed by atoms with van der Waals surface area (Å²) in [5.74, 6) is 0. The first-order valence-electron chi connectivity index (χ1n) is 9.50. The fraction of sp³-hybridized carbons (Fsp3) is 0.619. The lowest BCUT2D eigenvalue weighted by molar-refractivity contribution is 0.0114. The number of hydrogen-bond donors (Lipinski definition) is 0. The van der Waals surface area contributed by atoms with Gasteiger partial charge in [-0.2, -0.15) is 0 Å². The van der Waals surface area contributed by atoms with Crippen LogP contribution >= 0.6 is 0 Å². The van der Waals surface area contributed by atoms with Crippen molar-refractivity contribution in [3.8, 4) is 0 Å². The molecule has 0 saturated carbocycles. The maximum Gasteiger partial charge on any atom is 0.411 e. The maximum atomic E-state index is 12.8. The summed E-state index contributed by atoms with van der Waals surface area (Å²) in [6, 6.07) is 1.81. The normalized spacial score (nSPS) is 17.6. The molecule has 27 heavy (non-hydrogen) atoms. The smallest absolute Gasteiger partial charge is 0.411 e. The Morgan fingerprint density at radius 2 is 1.96 bits per heavy atom. The summed E-state index contributed by atoms with van der Waals surface area (Å²) >= 11 is 0. The molecule has 0 aliphatic carbocycles. The molecule has 1 aliphatic rings. The quantitative estimate of drug-likeness (QED) is 0.634. The molecule has 0 fully saturated rings. The molecule has 0 N–H and O–H groups in total. The van der Waals surface area contributed by atoms with Crippen molar-refractivity contribution in [2.45, 2.75) is 77.9 Å². The van der Waals surface area contributed by atoms with E-state index in [1.54, 1.807) is 17.2 Å². The molecule has 0 saturated heterocycles. The van der Waals surface area contributed by atoms with Crippen LogP contribution < -0.4 is 0 Å². The van der Waals surface area contributed by atoms with Gasteiger partial charge in [-0.05, 0) is 56.1 Å². The first kappa shape index (κ1) is 21.6. The van der Waals surface area contributed by atoms with Crippen molar-refractivity contribution in [1.29, 1.82) is 0 Å². The molecule has 0 unspecified atom stereocenters. The van der Waals surface area contributed by atoms with Crippen molar-refractivity contribution < 1.29 is 14.0 Å². The van der Waals surface area contributed by atoms with Gasteiger partial charge in [-0.25, -0.2) is 4.79 Å². The van der Waals surface area contributed by atoms with Crippen molar-refractivity contribution in [1.82, 2.24) is 9.88 Å². The van der Waals surface area contributed by atoms with E-state index in [0.717, 1.165) is 16.8 Å². The summed E-state index contributed by atoms with van der Waals surface area (Å²) in [7, 11) is -1.95. The number of hydrogen-bond acceptors (Lipinski definition) is 4. The topological polar surface area (TPSA) is 51.7 Å². The van der Waals surface area contributed by atoms with Crippen molar-refractivity contribution in [2.24, 2.45) is 0 Å². The van der Waals surface area contributed by atoms with Crippen LogP contribution in [0.2, 0.25) is 18.1 Å². The molecule has 1 aliphatic heterocycles. The van der Waals surface area contributed by atoms with Crippen LogP contribution in [0.15, 0.2) is 18.8 Å². The predicted octanol–water partition coefficient (Wildman–Crippen LogP) is 5.54. The summed E-state index contributed by atoms with van der Waals surface area (Å²) in [6.07, 6.45) is 3.23. The van der Waals surface area contributed by atoms with E-state index in [9.17, 15) is 4.79 Å². The van der Waals surface area contributed by atoms with Crippen LogP contribution in [-0.2, 0) is 15.7 Å². The van der Waals surface area contributed by atoms with Crippen LogP contribution in [0.1, 0.15) is 64.4 Å². The third kappa shape index (κ3) is 4.99. The average Bonchev–Trinajstić information content (AvgIpc) is 2.88. The molecule has 1 aromatic rings. The van der Waals surface area contributed by atoms with Crippen LogP contribution in [0.5, 0.6) is 0 Å². The van der Waals surface area contributed by atoms with Crippen LogP contribution in [0.25, 0.3) is 6.08 Å². The first-order valence-corrected chi connectivity index (χ1v) is 12.4. The second kappa shape index (κ2) is 7.39. The molecule has 0 bridgehead atoms. The van der Waals surface area contributed by atoms with E-state index in [1.165, 1.54) is 0 Å². The molecule has 150 valence electrons. The van der Waals surface area contributed by atoms with E-state index >= 15 is 0 Å². The van der Waals surface area contributed by atoms with Crippen LogP contribution in [0, 0.1) is 0 Å². The van der Waals surface area contributed by atoms with Gasteiger partial charge in [0.25, 0.3) is 0 Å². The molecule has 1 aromatic heterocycles. The monoisotopic (exact) mass is 390 g/mol. The maximum absolute atomic E-state index is 12.8. The molecular formula is C21H34N2O3Si. The standard InChI is InChI=1S/C21H34N2O3Si/c1-10-15-11-16-13-23(19(24)26-20(2,3)4)17(18(16)22-12-15)14-25-27(8,9)21(5,6)7/h10-12,17H,1,13-14H2,2-9H3/t17-/m0/s1. The molecule has 5 nitrogen and oxygen atoms in total. The lowest BCUT2D eigenvalue weighted by atomic mass is 10.1. The zero-order valence-electron chi connectivity index (χ0n) is 18.0. The third-order valence-electron chi connectivity index (χ3n) is 5.33. The summed E-state index contributed by atoms with van der Waals surface area (Å²) < 4.78 is 12.1. The van der Waals surface area contributed by atoms with Gasteiger partial charge in [0.1, 0.15) is 11.6 Å². The van der Waals surface area contributed by atoms with E-state index in [2.05, 4.69) is 45.4 Å². The number of carbonyl (C=O) groups excluding carboxylic acids is 1. The number of amides is 1. The Balaban J connectivity index is 2.30. The van der Waals surface area contributed by atoms with Gasteiger partial charge in [0.05, 0.1) is 18.8 Å². The summed E-state index contributed by atoms with van der Waals surface area (Å²) in [6.45, 7) is 21.4. The van der Waals surface area contributed by atoms with E-state index in [0.29, 0.717) is 13.2 Å².